The molecule has 0 aromatic heterocycles. The predicted octanol–water partition coefficient (Wildman–Crippen LogP) is 6.18. The molecule has 0 fully saturated rings. The molecule has 0 bridgehead atoms. The quantitative estimate of drug-likeness (QED) is 0.234. The molecule has 3 aromatic carbocycles. The van der Waals surface area contributed by atoms with Crippen molar-refractivity contribution >= 4 is 43.5 Å². The Morgan fingerprint density at radius 1 is 0.930 bits per heavy atom. The maximum Gasteiger partial charge on any atom is 0.416 e. The van der Waals surface area contributed by atoms with E-state index in [-0.39, 0.29) is 50.0 Å². The third-order valence-electron chi connectivity index (χ3n) is 6.56. The fourth-order valence-electron chi connectivity index (χ4n) is 4.61. The number of hydrogen-bond acceptors (Lipinski definition) is 4. The number of nitrogens with zero attached hydrogens (tertiary/aromatic N) is 2. The standard InChI is InChI=1S/C31H35BrF3N3O4S/c1-22(2)36-30(40)28(19-23-10-5-4-6-11-23)37(21-24-12-7-14-26(32)18-24)29(39)16-9-17-38(43(3,41)42)27-15-8-13-25(20-27)31(33,34)35/h4-8,10-15,18,20,22,28H,9,16-17,19,21H2,1-3H3,(H,36,40)/t28-/m0/s1. The van der Waals surface area contributed by atoms with Crippen molar-refractivity contribution in [3.8, 4) is 0 Å². The van der Waals surface area contributed by atoms with Crippen LogP contribution in [0.25, 0.3) is 0 Å². The van der Waals surface area contributed by atoms with Crippen molar-refractivity contribution in [2.75, 3.05) is 17.1 Å². The van der Waals surface area contributed by atoms with Crippen LogP contribution in [0.3, 0.4) is 0 Å². The van der Waals surface area contributed by atoms with E-state index in [0.717, 1.165) is 44.4 Å². The minimum absolute atomic E-state index is 0.0149. The number of benzene rings is 3. The topological polar surface area (TPSA) is 86.8 Å². The van der Waals surface area contributed by atoms with Crippen molar-refractivity contribution < 1.29 is 31.2 Å². The Labute approximate surface area is 259 Å². The average Bonchev–Trinajstić information content (AvgIpc) is 2.92. The molecule has 0 aliphatic carbocycles. The van der Waals surface area contributed by atoms with Gasteiger partial charge < -0.3 is 10.2 Å². The lowest BCUT2D eigenvalue weighted by atomic mass is 10.0. The number of nitrogens with one attached hydrogen (secondary N) is 1. The van der Waals surface area contributed by atoms with Gasteiger partial charge in [-0.25, -0.2) is 8.42 Å². The zero-order valence-corrected chi connectivity index (χ0v) is 26.5. The summed E-state index contributed by atoms with van der Waals surface area (Å²) in [6, 6.07) is 19.7. The Morgan fingerprint density at radius 2 is 1.58 bits per heavy atom. The molecule has 0 saturated heterocycles. The van der Waals surface area contributed by atoms with E-state index < -0.39 is 33.7 Å². The molecule has 0 radical (unpaired) electrons. The van der Waals surface area contributed by atoms with E-state index in [1.807, 2.05) is 68.4 Å². The third-order valence-corrected chi connectivity index (χ3v) is 8.24. The maximum absolute atomic E-state index is 13.8. The first-order chi connectivity index (χ1) is 20.1. The van der Waals surface area contributed by atoms with Crippen LogP contribution < -0.4 is 9.62 Å². The summed E-state index contributed by atoms with van der Waals surface area (Å²) in [5, 5.41) is 2.91. The van der Waals surface area contributed by atoms with Crippen LogP contribution >= 0.6 is 15.9 Å². The fraction of sp³-hybridized carbons (Fsp3) is 0.355. The van der Waals surface area contributed by atoms with E-state index in [1.54, 1.807) is 0 Å². The first-order valence-electron chi connectivity index (χ1n) is 13.7. The Hall–Kier alpha value is -3.38. The Kier molecular flexibility index (Phi) is 11.8. The van der Waals surface area contributed by atoms with Gasteiger partial charge in [0, 0.05) is 36.4 Å². The number of carbonyl (C=O) groups excluding carboxylic acids is 2. The van der Waals surface area contributed by atoms with E-state index in [0.29, 0.717) is 0 Å². The number of carbonyl (C=O) groups is 2. The van der Waals surface area contributed by atoms with Gasteiger partial charge in [0.15, 0.2) is 0 Å². The number of anilines is 1. The zero-order chi connectivity index (χ0) is 31.8. The van der Waals surface area contributed by atoms with Gasteiger partial charge in [0.1, 0.15) is 6.04 Å². The van der Waals surface area contributed by atoms with Crippen molar-refractivity contribution in [1.29, 1.82) is 0 Å². The highest BCUT2D eigenvalue weighted by molar-refractivity contribution is 9.10. The van der Waals surface area contributed by atoms with Crippen molar-refractivity contribution in [1.82, 2.24) is 10.2 Å². The molecule has 0 spiro atoms. The lowest BCUT2D eigenvalue weighted by molar-refractivity contribution is -0.141. The van der Waals surface area contributed by atoms with Crippen LogP contribution in [0.15, 0.2) is 83.3 Å². The minimum atomic E-state index is -4.65. The third kappa shape index (κ3) is 10.4. The van der Waals surface area contributed by atoms with Gasteiger partial charge in [-0.05, 0) is 61.7 Å². The van der Waals surface area contributed by atoms with Gasteiger partial charge in [0.2, 0.25) is 21.8 Å². The molecule has 43 heavy (non-hydrogen) atoms. The number of halogens is 4. The molecular weight excluding hydrogens is 647 g/mol. The van der Waals surface area contributed by atoms with Gasteiger partial charge in [0.25, 0.3) is 0 Å². The lowest BCUT2D eigenvalue weighted by Crippen LogP contribution is -2.51. The molecule has 0 saturated carbocycles. The summed E-state index contributed by atoms with van der Waals surface area (Å²) in [6.07, 6.45) is -3.62. The second kappa shape index (κ2) is 14.9. The second-order valence-corrected chi connectivity index (χ2v) is 13.3. The largest absolute Gasteiger partial charge is 0.416 e. The van der Waals surface area contributed by atoms with Crippen LogP contribution in [0.4, 0.5) is 18.9 Å². The SMILES string of the molecule is CC(C)NC(=O)[C@H](Cc1ccccc1)N(Cc1cccc(Br)c1)C(=O)CCCN(c1cccc(C(F)(F)F)c1)S(C)(=O)=O. The van der Waals surface area contributed by atoms with Crippen LogP contribution in [0.1, 0.15) is 43.4 Å². The summed E-state index contributed by atoms with van der Waals surface area (Å²) in [7, 11) is -3.96. The summed E-state index contributed by atoms with van der Waals surface area (Å²) in [5.74, 6) is -0.721. The van der Waals surface area contributed by atoms with Crippen molar-refractivity contribution in [2.45, 2.75) is 57.9 Å². The summed E-state index contributed by atoms with van der Waals surface area (Å²) < 4.78 is 66.7. The number of hydrogen-bond donors (Lipinski definition) is 1. The van der Waals surface area contributed by atoms with Crippen LogP contribution in [-0.2, 0) is 38.8 Å². The molecule has 1 atom stereocenters. The predicted molar refractivity (Wildman–Crippen MR) is 165 cm³/mol. The zero-order valence-electron chi connectivity index (χ0n) is 24.1. The van der Waals surface area contributed by atoms with Crippen LogP contribution in [-0.4, -0.2) is 50.0 Å². The summed E-state index contributed by atoms with van der Waals surface area (Å²) in [6.45, 7) is 3.54. The maximum atomic E-state index is 13.8. The fourth-order valence-corrected chi connectivity index (χ4v) is 6.01. The number of amides is 2. The molecule has 7 nitrogen and oxygen atoms in total. The molecule has 0 unspecified atom stereocenters. The molecule has 0 aliphatic rings. The molecular formula is C31H35BrF3N3O4S. The van der Waals surface area contributed by atoms with Gasteiger partial charge in [0.05, 0.1) is 17.5 Å². The lowest BCUT2D eigenvalue weighted by Gasteiger charge is -2.32. The molecule has 3 aromatic rings. The summed E-state index contributed by atoms with van der Waals surface area (Å²) in [5.41, 5.74) is 0.509. The molecule has 3 rings (SSSR count). The average molecular weight is 683 g/mol. The number of rotatable bonds is 13. The molecule has 232 valence electrons. The van der Waals surface area contributed by atoms with Crippen LogP contribution in [0.2, 0.25) is 0 Å². The monoisotopic (exact) mass is 681 g/mol. The molecule has 12 heteroatoms. The highest BCUT2D eigenvalue weighted by atomic mass is 79.9. The minimum Gasteiger partial charge on any atom is -0.352 e. The van der Waals surface area contributed by atoms with Crippen molar-refractivity contribution in [2.24, 2.45) is 0 Å². The number of sulfonamides is 1. The Bertz CT molecular complexity index is 1500. The van der Waals surface area contributed by atoms with E-state index in [1.165, 1.54) is 11.0 Å². The van der Waals surface area contributed by atoms with E-state index in [9.17, 15) is 31.2 Å². The highest BCUT2D eigenvalue weighted by Gasteiger charge is 2.33. The smallest absolute Gasteiger partial charge is 0.352 e. The highest BCUT2D eigenvalue weighted by Crippen LogP contribution is 2.32. The number of alkyl halides is 3. The first-order valence-corrected chi connectivity index (χ1v) is 16.3. The van der Waals surface area contributed by atoms with Gasteiger partial charge >= 0.3 is 6.18 Å². The van der Waals surface area contributed by atoms with Crippen LogP contribution in [0.5, 0.6) is 0 Å². The molecule has 2 amide bonds. The van der Waals surface area contributed by atoms with Gasteiger partial charge in [-0.15, -0.1) is 0 Å². The summed E-state index contributed by atoms with van der Waals surface area (Å²) in [4.78, 5) is 28.8. The first kappa shape index (κ1) is 34.1. The van der Waals surface area contributed by atoms with Crippen molar-refractivity contribution in [3.05, 3.63) is 100 Å². The second-order valence-electron chi connectivity index (χ2n) is 10.5. The Morgan fingerprint density at radius 3 is 2.19 bits per heavy atom. The van der Waals surface area contributed by atoms with Gasteiger partial charge in [-0.2, -0.15) is 13.2 Å². The normalized spacial score (nSPS) is 12.6. The Balaban J connectivity index is 1.90. The molecule has 0 heterocycles. The van der Waals surface area contributed by atoms with Crippen LogP contribution in [0, 0.1) is 0 Å². The molecule has 1 N–H and O–H groups in total. The van der Waals surface area contributed by atoms with Crippen molar-refractivity contribution in [3.63, 3.8) is 0 Å². The summed E-state index contributed by atoms with van der Waals surface area (Å²) >= 11 is 3.44. The van der Waals surface area contributed by atoms with E-state index in [4.69, 9.17) is 0 Å². The molecule has 0 aliphatic heterocycles. The van der Waals surface area contributed by atoms with Gasteiger partial charge in [-0.3, -0.25) is 13.9 Å². The van der Waals surface area contributed by atoms with E-state index in [2.05, 4.69) is 21.2 Å². The van der Waals surface area contributed by atoms with Gasteiger partial charge in [-0.1, -0.05) is 64.5 Å². The van der Waals surface area contributed by atoms with E-state index >= 15 is 0 Å².